The molecule has 2 amide bonds. The molecule has 3 aromatic rings. The molecule has 3 aromatic heterocycles. The van der Waals surface area contributed by atoms with Crippen molar-refractivity contribution >= 4 is 49.1 Å². The minimum atomic E-state index is -4.75. The number of imidazole rings is 1. The number of hydrogen-bond acceptors (Lipinski definition) is 10. The zero-order chi connectivity index (χ0) is 23.7. The molecule has 0 spiro atoms. The Labute approximate surface area is 187 Å². The first-order chi connectivity index (χ1) is 15.0. The van der Waals surface area contributed by atoms with Crippen LogP contribution < -0.4 is 19.5 Å². The number of pyridine rings is 1. The summed E-state index contributed by atoms with van der Waals surface area (Å²) in [6.45, 7) is 1.33. The second-order valence-corrected chi connectivity index (χ2v) is 10.3. The first kappa shape index (κ1) is 23.5. The van der Waals surface area contributed by atoms with Gasteiger partial charge in [-0.05, 0) is 12.1 Å². The minimum Gasteiger partial charge on any atom is -0.481 e. The van der Waals surface area contributed by atoms with Crippen molar-refractivity contribution in [3.8, 4) is 11.8 Å². The van der Waals surface area contributed by atoms with Gasteiger partial charge in [-0.15, -0.1) is 0 Å². The number of amides is 2. The van der Waals surface area contributed by atoms with Crippen molar-refractivity contribution in [2.24, 2.45) is 0 Å². The van der Waals surface area contributed by atoms with Gasteiger partial charge < -0.3 is 9.47 Å². The summed E-state index contributed by atoms with van der Waals surface area (Å²) in [7, 11) is -6.19. The number of hydrogen-bond donors (Lipinski definition) is 2. The molecule has 0 saturated heterocycles. The molecule has 0 aliphatic rings. The topological polar surface area (TPSA) is 171 Å². The third kappa shape index (κ3) is 4.68. The van der Waals surface area contributed by atoms with Crippen LogP contribution in [0.1, 0.15) is 6.92 Å². The maximum absolute atomic E-state index is 13.0. The molecule has 3 heterocycles. The van der Waals surface area contributed by atoms with Crippen LogP contribution in [0.15, 0.2) is 34.4 Å². The molecule has 3 rings (SSSR count). The first-order valence-corrected chi connectivity index (χ1v) is 12.2. The Morgan fingerprint density at radius 3 is 2.28 bits per heavy atom. The van der Waals surface area contributed by atoms with Crippen molar-refractivity contribution in [3.63, 3.8) is 0 Å². The second-order valence-electron chi connectivity index (χ2n) is 6.04. The highest BCUT2D eigenvalue weighted by atomic mass is 35.5. The summed E-state index contributed by atoms with van der Waals surface area (Å²) < 4.78 is 63.6. The quantitative estimate of drug-likeness (QED) is 0.474. The number of ether oxygens (including phenoxy) is 2. The third-order valence-electron chi connectivity index (χ3n) is 3.99. The van der Waals surface area contributed by atoms with Crippen LogP contribution in [-0.4, -0.2) is 62.2 Å². The monoisotopic (exact) mass is 504 g/mol. The molecule has 13 nitrogen and oxygen atoms in total. The molecule has 0 aromatic carbocycles. The van der Waals surface area contributed by atoms with Gasteiger partial charge in [0.05, 0.1) is 31.1 Å². The van der Waals surface area contributed by atoms with Crippen molar-refractivity contribution in [2.75, 3.05) is 25.3 Å². The van der Waals surface area contributed by atoms with Gasteiger partial charge in [-0.3, -0.25) is 9.72 Å². The Morgan fingerprint density at radius 1 is 1.09 bits per heavy atom. The van der Waals surface area contributed by atoms with Crippen LogP contribution in [0.4, 0.5) is 10.7 Å². The van der Waals surface area contributed by atoms with Gasteiger partial charge in [0.1, 0.15) is 5.65 Å². The first-order valence-electron chi connectivity index (χ1n) is 8.72. The normalized spacial score (nSPS) is 11.9. The molecule has 0 bridgehead atoms. The third-order valence-corrected chi connectivity index (χ3v) is 7.33. The summed E-state index contributed by atoms with van der Waals surface area (Å²) in [5, 5.41) is 0.755. The average Bonchev–Trinajstić information content (AvgIpc) is 3.13. The SMILES string of the molecule is CCS(=O)(=O)c1nc2ccc(Cl)cn2c1S(=O)(=O)NC(=O)Nc1nc(OC)cc(OC)n1. The lowest BCUT2D eigenvalue weighted by atomic mass is 10.5. The zero-order valence-electron chi connectivity index (χ0n) is 16.9. The van der Waals surface area contributed by atoms with Gasteiger partial charge >= 0.3 is 6.03 Å². The fraction of sp³-hybridized carbons (Fsp3) is 0.250. The Balaban J connectivity index is 2.02. The van der Waals surface area contributed by atoms with E-state index in [4.69, 9.17) is 21.1 Å². The van der Waals surface area contributed by atoms with Crippen LogP contribution in [0.2, 0.25) is 5.02 Å². The average molecular weight is 505 g/mol. The van der Waals surface area contributed by atoms with Gasteiger partial charge in [-0.2, -0.15) is 18.4 Å². The van der Waals surface area contributed by atoms with E-state index in [1.807, 2.05) is 0 Å². The Hall–Kier alpha value is -3.17. The summed E-state index contributed by atoms with van der Waals surface area (Å²) in [5.41, 5.74) is 0.00285. The highest BCUT2D eigenvalue weighted by Crippen LogP contribution is 2.25. The Morgan fingerprint density at radius 2 is 1.72 bits per heavy atom. The van der Waals surface area contributed by atoms with Crippen molar-refractivity contribution in [2.45, 2.75) is 17.0 Å². The number of fused-ring (bicyclic) bond motifs is 1. The number of nitrogens with zero attached hydrogens (tertiary/aromatic N) is 4. The number of urea groups is 1. The van der Waals surface area contributed by atoms with E-state index in [0.717, 1.165) is 4.40 Å². The van der Waals surface area contributed by atoms with E-state index in [1.54, 1.807) is 4.72 Å². The summed E-state index contributed by atoms with van der Waals surface area (Å²) in [6, 6.07) is 2.82. The lowest BCUT2D eigenvalue weighted by Crippen LogP contribution is -2.36. The predicted octanol–water partition coefficient (Wildman–Crippen LogP) is 1.10. The molecule has 16 heteroatoms. The van der Waals surface area contributed by atoms with Gasteiger partial charge in [0.15, 0.2) is 19.9 Å². The van der Waals surface area contributed by atoms with Crippen molar-refractivity contribution in [1.82, 2.24) is 24.1 Å². The maximum atomic E-state index is 13.0. The van der Waals surface area contributed by atoms with E-state index in [9.17, 15) is 21.6 Å². The van der Waals surface area contributed by atoms with Gasteiger partial charge in [0, 0.05) is 6.20 Å². The number of anilines is 1. The van der Waals surface area contributed by atoms with E-state index in [1.165, 1.54) is 45.5 Å². The molecular formula is C16H17ClN6O7S2. The fourth-order valence-electron chi connectivity index (χ4n) is 2.53. The van der Waals surface area contributed by atoms with Crippen LogP contribution in [0.25, 0.3) is 5.65 Å². The largest absolute Gasteiger partial charge is 0.481 e. The standard InChI is InChI=1S/C16H17ClN6O7S2/c1-4-31(25,26)13-14(23-8-9(17)5-6-10(23)18-13)32(27,28)22-16(24)21-15-19-11(29-2)7-12(20-15)30-3/h5-8H,4H2,1-3H3,(H2,19,20,21,22,24). The van der Waals surface area contributed by atoms with Crippen molar-refractivity contribution in [3.05, 3.63) is 29.4 Å². The molecule has 0 unspecified atom stereocenters. The predicted molar refractivity (Wildman–Crippen MR) is 112 cm³/mol. The van der Waals surface area contributed by atoms with Crippen LogP contribution in [-0.2, 0) is 19.9 Å². The van der Waals surface area contributed by atoms with Gasteiger partial charge in [0.2, 0.25) is 17.7 Å². The van der Waals surface area contributed by atoms with Gasteiger partial charge in [0.25, 0.3) is 10.0 Å². The van der Waals surface area contributed by atoms with Crippen molar-refractivity contribution < 1.29 is 31.1 Å². The smallest absolute Gasteiger partial charge is 0.335 e. The molecule has 0 aliphatic carbocycles. The zero-order valence-corrected chi connectivity index (χ0v) is 19.2. The van der Waals surface area contributed by atoms with Gasteiger partial charge in [-0.1, -0.05) is 18.5 Å². The molecular weight excluding hydrogens is 488 g/mol. The summed E-state index contributed by atoms with van der Waals surface area (Å²) in [4.78, 5) is 24.0. The highest BCUT2D eigenvalue weighted by Gasteiger charge is 2.33. The van der Waals surface area contributed by atoms with E-state index < -0.39 is 41.7 Å². The van der Waals surface area contributed by atoms with E-state index in [-0.39, 0.29) is 28.4 Å². The number of rotatable bonds is 7. The number of sulfone groups is 1. The molecule has 172 valence electrons. The number of methoxy groups -OCH3 is 2. The molecule has 32 heavy (non-hydrogen) atoms. The summed E-state index contributed by atoms with van der Waals surface area (Å²) >= 11 is 5.94. The molecule has 0 radical (unpaired) electrons. The number of nitrogens with one attached hydrogen (secondary N) is 2. The maximum Gasteiger partial charge on any atom is 0.335 e. The van der Waals surface area contributed by atoms with Crippen LogP contribution in [0.5, 0.6) is 11.8 Å². The lowest BCUT2D eigenvalue weighted by Gasteiger charge is -2.10. The molecule has 0 atom stereocenters. The summed E-state index contributed by atoms with van der Waals surface area (Å²) in [6.07, 6.45) is 1.17. The second kappa shape index (κ2) is 8.76. The number of carbonyl (C=O) groups excluding carboxylic acids is 1. The number of sulfonamides is 1. The Kier molecular flexibility index (Phi) is 6.43. The molecule has 0 saturated carbocycles. The minimum absolute atomic E-state index is 0.00285. The molecule has 0 fully saturated rings. The number of aromatic nitrogens is 4. The van der Waals surface area contributed by atoms with E-state index in [2.05, 4.69) is 20.3 Å². The number of carbonyl (C=O) groups is 1. The Bertz CT molecular complexity index is 1380. The molecule has 2 N–H and O–H groups in total. The van der Waals surface area contributed by atoms with Crippen LogP contribution >= 0.6 is 11.6 Å². The van der Waals surface area contributed by atoms with Crippen LogP contribution in [0.3, 0.4) is 0 Å². The lowest BCUT2D eigenvalue weighted by molar-refractivity contribution is 0.256. The van der Waals surface area contributed by atoms with E-state index >= 15 is 0 Å². The van der Waals surface area contributed by atoms with Gasteiger partial charge in [-0.25, -0.2) is 22.9 Å². The van der Waals surface area contributed by atoms with Crippen molar-refractivity contribution in [1.29, 1.82) is 0 Å². The van der Waals surface area contributed by atoms with Crippen LogP contribution in [0, 0.1) is 0 Å². The fourth-order valence-corrected chi connectivity index (χ4v) is 5.34. The van der Waals surface area contributed by atoms with E-state index in [0.29, 0.717) is 0 Å². The summed E-state index contributed by atoms with van der Waals surface area (Å²) in [5.74, 6) is -0.654. The molecule has 0 aliphatic heterocycles. The number of halogens is 1. The highest BCUT2D eigenvalue weighted by molar-refractivity contribution is 7.93.